The van der Waals surface area contributed by atoms with E-state index in [2.05, 4.69) is 45.5 Å². The molecule has 0 aliphatic heterocycles. The number of nitrogens with one attached hydrogen (secondary N) is 1. The molecular formula is C14H18BrNO. The fourth-order valence-corrected chi connectivity index (χ4v) is 3.08. The zero-order chi connectivity index (χ0) is 11.8. The highest BCUT2D eigenvalue weighted by Crippen LogP contribution is 2.38. The molecule has 2 nitrogen and oxygen atoms in total. The van der Waals surface area contributed by atoms with Crippen LogP contribution >= 0.6 is 15.9 Å². The van der Waals surface area contributed by atoms with Gasteiger partial charge in [-0.3, -0.25) is 0 Å². The molecule has 2 aliphatic rings. The number of halogens is 1. The van der Waals surface area contributed by atoms with Gasteiger partial charge in [-0.1, -0.05) is 28.1 Å². The van der Waals surface area contributed by atoms with Gasteiger partial charge in [0.25, 0.3) is 0 Å². The fourth-order valence-electron chi connectivity index (χ4n) is 2.82. The number of hydrogen-bond acceptors (Lipinski definition) is 2. The highest BCUT2D eigenvalue weighted by molar-refractivity contribution is 9.10. The Hall–Kier alpha value is -0.380. The Kier molecular flexibility index (Phi) is 3.24. The third-order valence-corrected chi connectivity index (χ3v) is 4.59. The van der Waals surface area contributed by atoms with Crippen LogP contribution in [0.2, 0.25) is 0 Å². The normalized spacial score (nSPS) is 36.1. The van der Waals surface area contributed by atoms with Crippen LogP contribution in [0, 0.1) is 0 Å². The van der Waals surface area contributed by atoms with Crippen molar-refractivity contribution >= 4 is 15.9 Å². The van der Waals surface area contributed by atoms with Crippen LogP contribution in [0.1, 0.15) is 37.2 Å². The van der Waals surface area contributed by atoms with Gasteiger partial charge in [0, 0.05) is 16.6 Å². The Morgan fingerprint density at radius 1 is 1.00 bits per heavy atom. The number of aliphatic hydroxyl groups excluding tert-OH is 1. The molecule has 2 fully saturated rings. The lowest BCUT2D eigenvalue weighted by Gasteiger charge is -2.42. The van der Waals surface area contributed by atoms with Crippen LogP contribution < -0.4 is 5.32 Å². The van der Waals surface area contributed by atoms with Gasteiger partial charge in [-0.25, -0.2) is 0 Å². The molecule has 0 radical (unpaired) electrons. The molecule has 0 bridgehead atoms. The maximum absolute atomic E-state index is 9.23. The summed E-state index contributed by atoms with van der Waals surface area (Å²) in [6, 6.07) is 9.93. The number of aliphatic hydroxyl groups is 1. The molecule has 0 heterocycles. The topological polar surface area (TPSA) is 32.3 Å². The summed E-state index contributed by atoms with van der Waals surface area (Å²) in [5.41, 5.74) is 1.46. The van der Waals surface area contributed by atoms with Crippen LogP contribution in [0.25, 0.3) is 0 Å². The minimum Gasteiger partial charge on any atom is -0.393 e. The van der Waals surface area contributed by atoms with E-state index in [4.69, 9.17) is 0 Å². The molecule has 0 saturated heterocycles. The van der Waals surface area contributed by atoms with E-state index in [-0.39, 0.29) is 6.10 Å². The Bertz CT molecular complexity index is 380. The van der Waals surface area contributed by atoms with E-state index < -0.39 is 0 Å². The predicted octanol–water partition coefficient (Wildman–Crippen LogP) is 2.81. The quantitative estimate of drug-likeness (QED) is 0.899. The molecule has 2 saturated carbocycles. The predicted molar refractivity (Wildman–Crippen MR) is 72.1 cm³/mol. The second kappa shape index (κ2) is 4.71. The number of hydrogen-bond donors (Lipinski definition) is 2. The molecule has 1 aromatic rings. The van der Waals surface area contributed by atoms with Crippen LogP contribution in [0.15, 0.2) is 28.7 Å². The van der Waals surface area contributed by atoms with Crippen molar-refractivity contribution in [3.05, 3.63) is 34.3 Å². The summed E-state index contributed by atoms with van der Waals surface area (Å²) in [6.07, 6.45) is 4.33. The van der Waals surface area contributed by atoms with E-state index in [1.165, 1.54) is 18.4 Å². The lowest BCUT2D eigenvalue weighted by Crippen LogP contribution is -2.52. The van der Waals surface area contributed by atoms with Crippen molar-refractivity contribution in [2.24, 2.45) is 0 Å². The Labute approximate surface area is 111 Å². The molecule has 1 aromatic carbocycles. The minimum atomic E-state index is -0.0464. The molecule has 0 aromatic heterocycles. The summed E-state index contributed by atoms with van der Waals surface area (Å²) in [5.74, 6) is 0.727. The van der Waals surface area contributed by atoms with E-state index in [0.29, 0.717) is 12.1 Å². The third-order valence-electron chi connectivity index (χ3n) is 4.06. The monoisotopic (exact) mass is 295 g/mol. The zero-order valence-electron chi connectivity index (χ0n) is 9.77. The molecule has 17 heavy (non-hydrogen) atoms. The van der Waals surface area contributed by atoms with E-state index in [0.717, 1.165) is 23.2 Å². The van der Waals surface area contributed by atoms with Gasteiger partial charge in [0.15, 0.2) is 0 Å². The largest absolute Gasteiger partial charge is 0.393 e. The Morgan fingerprint density at radius 2 is 1.59 bits per heavy atom. The molecule has 3 rings (SSSR count). The zero-order valence-corrected chi connectivity index (χ0v) is 11.4. The van der Waals surface area contributed by atoms with Crippen LogP contribution in [-0.2, 0) is 0 Å². The molecule has 2 aliphatic carbocycles. The fraction of sp³-hybridized carbons (Fsp3) is 0.571. The van der Waals surface area contributed by atoms with Gasteiger partial charge in [0.2, 0.25) is 0 Å². The van der Waals surface area contributed by atoms with Gasteiger partial charge in [-0.2, -0.15) is 0 Å². The standard InChI is InChI=1S/C14H18BrNO/c15-11-3-1-9(2-4-11)10-5-12(6-10)16-13-7-14(17)8-13/h1-4,10,12-14,16-17H,5-8H2. The van der Waals surface area contributed by atoms with Crippen molar-refractivity contribution in [3.8, 4) is 0 Å². The van der Waals surface area contributed by atoms with Crippen LogP contribution in [0.5, 0.6) is 0 Å². The van der Waals surface area contributed by atoms with Crippen molar-refractivity contribution < 1.29 is 5.11 Å². The molecule has 3 heteroatoms. The molecule has 0 amide bonds. The van der Waals surface area contributed by atoms with Gasteiger partial charge in [0.1, 0.15) is 0 Å². The first-order valence-electron chi connectivity index (χ1n) is 6.40. The van der Waals surface area contributed by atoms with Crippen molar-refractivity contribution in [1.82, 2.24) is 5.32 Å². The summed E-state index contributed by atoms with van der Waals surface area (Å²) >= 11 is 3.47. The first kappa shape index (κ1) is 11.7. The number of benzene rings is 1. The first-order valence-corrected chi connectivity index (χ1v) is 7.19. The molecule has 92 valence electrons. The van der Waals surface area contributed by atoms with E-state index in [1.54, 1.807) is 0 Å². The first-order chi connectivity index (χ1) is 8.20. The minimum absolute atomic E-state index is 0.0464. The average Bonchev–Trinajstić information content (AvgIpc) is 2.21. The second-order valence-corrected chi connectivity index (χ2v) is 6.32. The van der Waals surface area contributed by atoms with E-state index in [9.17, 15) is 5.11 Å². The van der Waals surface area contributed by atoms with Gasteiger partial charge in [-0.05, 0) is 49.3 Å². The van der Waals surface area contributed by atoms with Crippen molar-refractivity contribution in [3.63, 3.8) is 0 Å². The summed E-state index contributed by atoms with van der Waals surface area (Å²) in [4.78, 5) is 0. The second-order valence-electron chi connectivity index (χ2n) is 5.41. The Morgan fingerprint density at radius 3 is 2.18 bits per heavy atom. The van der Waals surface area contributed by atoms with Gasteiger partial charge in [0.05, 0.1) is 6.10 Å². The van der Waals surface area contributed by atoms with Crippen molar-refractivity contribution in [2.75, 3.05) is 0 Å². The van der Waals surface area contributed by atoms with Gasteiger partial charge in [-0.15, -0.1) is 0 Å². The maximum atomic E-state index is 9.23. The SMILES string of the molecule is OC1CC(NC2CC(c3ccc(Br)cc3)C2)C1. The van der Waals surface area contributed by atoms with Gasteiger partial charge < -0.3 is 10.4 Å². The molecule has 0 spiro atoms. The highest BCUT2D eigenvalue weighted by atomic mass is 79.9. The van der Waals surface area contributed by atoms with Crippen molar-refractivity contribution in [2.45, 2.75) is 49.8 Å². The summed E-state index contributed by atoms with van der Waals surface area (Å²) < 4.78 is 1.15. The average molecular weight is 296 g/mol. The lowest BCUT2D eigenvalue weighted by molar-refractivity contribution is 0.0506. The molecule has 2 N–H and O–H groups in total. The molecule has 0 unspecified atom stereocenters. The summed E-state index contributed by atoms with van der Waals surface area (Å²) in [6.45, 7) is 0. The number of rotatable bonds is 3. The van der Waals surface area contributed by atoms with Crippen molar-refractivity contribution in [1.29, 1.82) is 0 Å². The Balaban J connectivity index is 1.46. The third kappa shape index (κ3) is 2.56. The van der Waals surface area contributed by atoms with Gasteiger partial charge >= 0.3 is 0 Å². The van der Waals surface area contributed by atoms with Crippen LogP contribution in [0.4, 0.5) is 0 Å². The summed E-state index contributed by atoms with van der Waals surface area (Å²) in [5, 5.41) is 12.9. The molecular weight excluding hydrogens is 278 g/mol. The smallest absolute Gasteiger partial charge is 0.0570 e. The van der Waals surface area contributed by atoms with E-state index in [1.807, 2.05) is 0 Å². The van der Waals surface area contributed by atoms with Crippen LogP contribution in [-0.4, -0.2) is 23.3 Å². The lowest BCUT2D eigenvalue weighted by atomic mass is 9.74. The van der Waals surface area contributed by atoms with Crippen LogP contribution in [0.3, 0.4) is 0 Å². The highest BCUT2D eigenvalue weighted by Gasteiger charge is 2.35. The van der Waals surface area contributed by atoms with E-state index >= 15 is 0 Å². The maximum Gasteiger partial charge on any atom is 0.0570 e. The summed E-state index contributed by atoms with van der Waals surface area (Å²) in [7, 11) is 0. The molecule has 0 atom stereocenters.